The molecule has 1 aliphatic heterocycles. The molecule has 2 N–H and O–H groups in total. The van der Waals surface area contributed by atoms with Gasteiger partial charge in [0.2, 0.25) is 5.91 Å². The Morgan fingerprint density at radius 1 is 1.30 bits per heavy atom. The lowest BCUT2D eigenvalue weighted by Crippen LogP contribution is -2.40. The Balaban J connectivity index is 2.00. The maximum atomic E-state index is 12.8. The number of anilines is 1. The molecule has 2 aromatic heterocycles. The van der Waals surface area contributed by atoms with E-state index < -0.39 is 5.97 Å². The van der Waals surface area contributed by atoms with Crippen LogP contribution < -0.4 is 10.6 Å². The van der Waals surface area contributed by atoms with Crippen LogP contribution in [0.1, 0.15) is 41.3 Å². The molecular formula is C22H23N5O3. The third-order valence-electron chi connectivity index (χ3n) is 5.74. The highest BCUT2D eigenvalue weighted by atomic mass is 16.5. The van der Waals surface area contributed by atoms with Gasteiger partial charge in [-0.05, 0) is 38.8 Å². The van der Waals surface area contributed by atoms with E-state index in [4.69, 9.17) is 10.5 Å². The molecule has 4 rings (SSSR count). The van der Waals surface area contributed by atoms with Gasteiger partial charge >= 0.3 is 5.97 Å². The molecule has 1 saturated heterocycles. The van der Waals surface area contributed by atoms with Gasteiger partial charge in [0, 0.05) is 24.6 Å². The Hall–Kier alpha value is -3.60. The Morgan fingerprint density at radius 3 is 2.63 bits per heavy atom. The normalized spacial score (nSPS) is 14.8. The lowest BCUT2D eigenvalue weighted by Gasteiger charge is -2.34. The topological polar surface area (TPSA) is 114 Å². The van der Waals surface area contributed by atoms with E-state index in [0.717, 1.165) is 16.9 Å². The number of esters is 1. The van der Waals surface area contributed by atoms with Gasteiger partial charge in [-0.15, -0.1) is 0 Å². The summed E-state index contributed by atoms with van der Waals surface area (Å²) in [5.41, 5.74) is 8.64. The van der Waals surface area contributed by atoms with E-state index in [1.54, 1.807) is 6.92 Å². The molecule has 8 heteroatoms. The van der Waals surface area contributed by atoms with Crippen molar-refractivity contribution in [2.75, 3.05) is 24.6 Å². The quantitative estimate of drug-likeness (QED) is 0.667. The summed E-state index contributed by atoms with van der Waals surface area (Å²) in [6.45, 7) is 5.01. The number of amides is 1. The fraction of sp³-hybridized carbons (Fsp3) is 0.364. The highest BCUT2D eigenvalue weighted by molar-refractivity contribution is 5.99. The number of nitriles is 1. The van der Waals surface area contributed by atoms with E-state index in [1.165, 1.54) is 0 Å². The number of carbonyl (C=O) groups is 2. The summed E-state index contributed by atoms with van der Waals surface area (Å²) >= 11 is 0. The number of piperidine rings is 1. The van der Waals surface area contributed by atoms with Crippen LogP contribution in [0.25, 0.3) is 16.7 Å². The van der Waals surface area contributed by atoms with Gasteiger partial charge in [-0.25, -0.2) is 9.78 Å². The molecule has 154 valence electrons. The van der Waals surface area contributed by atoms with Gasteiger partial charge in [0.05, 0.1) is 23.2 Å². The zero-order chi connectivity index (χ0) is 21.4. The number of fused-ring (bicyclic) bond motifs is 3. The summed E-state index contributed by atoms with van der Waals surface area (Å²) < 4.78 is 7.20. The number of pyridine rings is 1. The van der Waals surface area contributed by atoms with Crippen LogP contribution in [0.2, 0.25) is 0 Å². The Kier molecular flexibility index (Phi) is 5.04. The molecule has 0 aliphatic carbocycles. The van der Waals surface area contributed by atoms with E-state index in [2.05, 4.69) is 16.0 Å². The number of benzene rings is 1. The summed E-state index contributed by atoms with van der Waals surface area (Å²) in [6.07, 6.45) is 1.27. The molecule has 0 radical (unpaired) electrons. The van der Waals surface area contributed by atoms with Gasteiger partial charge in [-0.1, -0.05) is 12.1 Å². The second-order valence-electron chi connectivity index (χ2n) is 7.45. The van der Waals surface area contributed by atoms with Crippen molar-refractivity contribution < 1.29 is 14.3 Å². The second kappa shape index (κ2) is 7.67. The van der Waals surface area contributed by atoms with Crippen molar-refractivity contribution >= 4 is 34.4 Å². The van der Waals surface area contributed by atoms with Gasteiger partial charge < -0.3 is 15.4 Å². The molecule has 0 atom stereocenters. The smallest absolute Gasteiger partial charge is 0.340 e. The van der Waals surface area contributed by atoms with Crippen LogP contribution in [0, 0.1) is 24.2 Å². The van der Waals surface area contributed by atoms with Crippen LogP contribution in [0.4, 0.5) is 5.82 Å². The van der Waals surface area contributed by atoms with E-state index in [-0.39, 0.29) is 29.6 Å². The minimum Gasteiger partial charge on any atom is -0.462 e. The van der Waals surface area contributed by atoms with Gasteiger partial charge in [-0.3, -0.25) is 9.20 Å². The minimum atomic E-state index is -0.533. The van der Waals surface area contributed by atoms with E-state index >= 15 is 0 Å². The van der Waals surface area contributed by atoms with Crippen LogP contribution >= 0.6 is 0 Å². The molecule has 30 heavy (non-hydrogen) atoms. The van der Waals surface area contributed by atoms with Gasteiger partial charge in [0.25, 0.3) is 0 Å². The Morgan fingerprint density at radius 2 is 2.00 bits per heavy atom. The molecule has 1 aromatic carbocycles. The summed E-state index contributed by atoms with van der Waals surface area (Å²) in [6, 6.07) is 9.80. The monoisotopic (exact) mass is 405 g/mol. The van der Waals surface area contributed by atoms with Crippen LogP contribution in [0.15, 0.2) is 24.3 Å². The molecule has 0 bridgehead atoms. The number of nitrogens with two attached hydrogens (primary N) is 1. The summed E-state index contributed by atoms with van der Waals surface area (Å²) in [7, 11) is 0. The standard InChI is InChI=1S/C22H23N5O3/c1-3-30-22(29)18-13(2)21(26-10-8-14(9-11-26)19(24)28)27-17-7-5-4-6-16(17)25-20(27)15(18)12-23/h4-7,14H,3,8-11H2,1-2H3,(H2,24,28). The molecular weight excluding hydrogens is 382 g/mol. The number of hydrogen-bond donors (Lipinski definition) is 1. The first-order chi connectivity index (χ1) is 14.5. The lowest BCUT2D eigenvalue weighted by atomic mass is 9.95. The zero-order valence-electron chi connectivity index (χ0n) is 17.0. The fourth-order valence-corrected chi connectivity index (χ4v) is 4.31. The zero-order valence-corrected chi connectivity index (χ0v) is 17.0. The Bertz CT molecular complexity index is 1200. The molecule has 3 heterocycles. The third kappa shape index (κ3) is 3.03. The maximum absolute atomic E-state index is 12.8. The number of carbonyl (C=O) groups excluding carboxylic acids is 2. The summed E-state index contributed by atoms with van der Waals surface area (Å²) in [4.78, 5) is 31.2. The predicted molar refractivity (Wildman–Crippen MR) is 112 cm³/mol. The summed E-state index contributed by atoms with van der Waals surface area (Å²) in [5, 5.41) is 9.90. The van der Waals surface area contributed by atoms with Crippen molar-refractivity contribution in [1.29, 1.82) is 5.26 Å². The van der Waals surface area contributed by atoms with Crippen molar-refractivity contribution in [2.24, 2.45) is 11.7 Å². The van der Waals surface area contributed by atoms with E-state index in [1.807, 2.05) is 35.6 Å². The molecule has 0 saturated carbocycles. The van der Waals surface area contributed by atoms with Crippen LogP contribution in [-0.4, -0.2) is 41.0 Å². The molecule has 0 spiro atoms. The van der Waals surface area contributed by atoms with Crippen molar-refractivity contribution in [3.05, 3.63) is 41.0 Å². The summed E-state index contributed by atoms with van der Waals surface area (Å²) in [5.74, 6) is -0.172. The largest absolute Gasteiger partial charge is 0.462 e. The maximum Gasteiger partial charge on any atom is 0.340 e. The molecule has 1 fully saturated rings. The lowest BCUT2D eigenvalue weighted by molar-refractivity contribution is -0.122. The first-order valence-corrected chi connectivity index (χ1v) is 10.0. The average molecular weight is 405 g/mol. The van der Waals surface area contributed by atoms with Crippen molar-refractivity contribution in [3.8, 4) is 6.07 Å². The van der Waals surface area contributed by atoms with Crippen molar-refractivity contribution in [1.82, 2.24) is 9.38 Å². The first-order valence-electron chi connectivity index (χ1n) is 10.0. The van der Waals surface area contributed by atoms with E-state index in [0.29, 0.717) is 37.1 Å². The molecule has 1 amide bonds. The van der Waals surface area contributed by atoms with Crippen LogP contribution in [-0.2, 0) is 9.53 Å². The third-order valence-corrected chi connectivity index (χ3v) is 5.74. The number of hydrogen-bond acceptors (Lipinski definition) is 6. The SMILES string of the molecule is CCOC(=O)c1c(C)c(N2CCC(C(N)=O)CC2)n2c(nc3ccccc32)c1C#N. The number of rotatable bonds is 4. The molecule has 8 nitrogen and oxygen atoms in total. The van der Waals surface area contributed by atoms with Crippen LogP contribution in [0.3, 0.4) is 0 Å². The van der Waals surface area contributed by atoms with Crippen molar-refractivity contribution in [3.63, 3.8) is 0 Å². The van der Waals surface area contributed by atoms with Gasteiger partial charge in [0.15, 0.2) is 5.65 Å². The van der Waals surface area contributed by atoms with Crippen LogP contribution in [0.5, 0.6) is 0 Å². The number of primary amides is 1. The number of para-hydroxylation sites is 2. The highest BCUT2D eigenvalue weighted by Crippen LogP contribution is 2.35. The van der Waals surface area contributed by atoms with Gasteiger partial charge in [-0.2, -0.15) is 5.26 Å². The molecule has 0 unspecified atom stereocenters. The molecule has 3 aromatic rings. The number of imidazole rings is 1. The molecule has 1 aliphatic rings. The minimum absolute atomic E-state index is 0.153. The fourth-order valence-electron chi connectivity index (χ4n) is 4.31. The average Bonchev–Trinajstić information content (AvgIpc) is 3.12. The van der Waals surface area contributed by atoms with Gasteiger partial charge in [0.1, 0.15) is 17.5 Å². The Labute approximate surface area is 173 Å². The predicted octanol–water partition coefficient (Wildman–Crippen LogP) is 2.55. The van der Waals surface area contributed by atoms with E-state index in [9.17, 15) is 14.9 Å². The number of aromatic nitrogens is 2. The second-order valence-corrected chi connectivity index (χ2v) is 7.45. The van der Waals surface area contributed by atoms with Crippen molar-refractivity contribution in [2.45, 2.75) is 26.7 Å². The first kappa shape index (κ1) is 19.7. The highest BCUT2D eigenvalue weighted by Gasteiger charge is 2.30. The number of nitrogens with zero attached hydrogens (tertiary/aromatic N) is 4. The number of ether oxygens (including phenoxy) is 1.